The molecule has 1 saturated heterocycles. The van der Waals surface area contributed by atoms with E-state index in [1.807, 2.05) is 0 Å². The van der Waals surface area contributed by atoms with Crippen LogP contribution in [0.2, 0.25) is 0 Å². The quantitative estimate of drug-likeness (QED) is 0.445. The zero-order chi connectivity index (χ0) is 27.1. The molecule has 37 heavy (non-hydrogen) atoms. The van der Waals surface area contributed by atoms with Gasteiger partial charge in [-0.15, -0.1) is 0 Å². The van der Waals surface area contributed by atoms with Gasteiger partial charge in [-0.25, -0.2) is 8.78 Å². The summed E-state index contributed by atoms with van der Waals surface area (Å²) in [5, 5.41) is 14.7. The summed E-state index contributed by atoms with van der Waals surface area (Å²) in [6, 6.07) is 2.84. The Morgan fingerprint density at radius 2 is 2.03 bits per heavy atom. The fraction of sp³-hybridized carbons (Fsp3) is 0.435. The van der Waals surface area contributed by atoms with E-state index in [0.29, 0.717) is 19.1 Å². The zero-order valence-electron chi connectivity index (χ0n) is 20.2. The van der Waals surface area contributed by atoms with Crippen LogP contribution in [0.3, 0.4) is 0 Å². The Morgan fingerprint density at radius 3 is 2.65 bits per heavy atom. The second-order valence-corrected chi connectivity index (χ2v) is 11.8. The van der Waals surface area contributed by atoms with Crippen molar-refractivity contribution in [2.45, 2.75) is 25.0 Å². The van der Waals surface area contributed by atoms with Gasteiger partial charge in [-0.1, -0.05) is 6.07 Å². The number of likely N-dealkylation sites (N-methyl/N-ethyl adjacent to an activating group) is 1. The largest absolute Gasteiger partial charge is 0.502 e. The minimum atomic E-state index is -3.32. The molecule has 2 aliphatic heterocycles. The van der Waals surface area contributed by atoms with E-state index in [1.165, 1.54) is 16.2 Å². The fourth-order valence-corrected chi connectivity index (χ4v) is 5.39. The average Bonchev–Trinajstić information content (AvgIpc) is 3.31. The van der Waals surface area contributed by atoms with Gasteiger partial charge >= 0.3 is 0 Å². The second-order valence-electron chi connectivity index (χ2n) is 9.23. The summed E-state index contributed by atoms with van der Waals surface area (Å²) in [6.45, 7) is 1.36. The molecule has 3 N–H and O–H groups in total. The van der Waals surface area contributed by atoms with Crippen molar-refractivity contribution in [1.29, 1.82) is 0 Å². The fourth-order valence-electron chi connectivity index (χ4n) is 4.66. The SMILES string of the molecule is CN1n2cc(C(=O)NCc3ccc(F)cc3F)c(=O)c(O)c2C(=O)N(CCCP(C)(=O)O)C12CCOC2. The molecule has 14 heteroatoms. The number of pyridine rings is 1. The third kappa shape index (κ3) is 4.98. The normalized spacial score (nSPS) is 20.7. The highest BCUT2D eigenvalue weighted by Crippen LogP contribution is 2.39. The third-order valence-corrected chi connectivity index (χ3v) is 7.82. The molecule has 2 atom stereocenters. The highest BCUT2D eigenvalue weighted by molar-refractivity contribution is 7.57. The number of hydrogen-bond donors (Lipinski definition) is 3. The van der Waals surface area contributed by atoms with Crippen molar-refractivity contribution in [2.24, 2.45) is 0 Å². The van der Waals surface area contributed by atoms with E-state index >= 15 is 0 Å². The summed E-state index contributed by atoms with van der Waals surface area (Å²) in [6.07, 6.45) is 1.67. The Kier molecular flexibility index (Phi) is 7.15. The predicted molar refractivity (Wildman–Crippen MR) is 128 cm³/mol. The van der Waals surface area contributed by atoms with Gasteiger partial charge < -0.3 is 25.0 Å². The number of aromatic nitrogens is 1. The Balaban J connectivity index is 1.67. The Bertz CT molecular complexity index is 1350. The number of nitrogens with one attached hydrogen (secondary N) is 1. The van der Waals surface area contributed by atoms with Crippen LogP contribution in [0.15, 0.2) is 29.2 Å². The van der Waals surface area contributed by atoms with Crippen LogP contribution in [0.5, 0.6) is 5.75 Å². The first-order chi connectivity index (χ1) is 17.4. The molecule has 2 amide bonds. The van der Waals surface area contributed by atoms with Crippen LogP contribution in [0.4, 0.5) is 8.78 Å². The summed E-state index contributed by atoms with van der Waals surface area (Å²) in [7, 11) is -1.72. The number of ether oxygens (including phenoxy) is 1. The molecule has 0 aliphatic carbocycles. The summed E-state index contributed by atoms with van der Waals surface area (Å²) in [5.74, 6) is -4.22. The Hall–Kier alpha value is -3.28. The first-order valence-corrected chi connectivity index (χ1v) is 13.8. The lowest BCUT2D eigenvalue weighted by molar-refractivity contribution is 0.0223. The molecule has 0 bridgehead atoms. The molecule has 0 radical (unpaired) electrons. The molecule has 4 rings (SSSR count). The number of carbonyl (C=O) groups is 2. The predicted octanol–water partition coefficient (Wildman–Crippen LogP) is 1.19. The van der Waals surface area contributed by atoms with Gasteiger partial charge in [0.15, 0.2) is 24.5 Å². The van der Waals surface area contributed by atoms with E-state index < -0.39 is 53.2 Å². The molecule has 11 nitrogen and oxygen atoms in total. The number of nitrogens with zero attached hydrogens (tertiary/aromatic N) is 3. The van der Waals surface area contributed by atoms with Crippen molar-refractivity contribution >= 4 is 19.2 Å². The molecule has 3 heterocycles. The first-order valence-electron chi connectivity index (χ1n) is 11.5. The van der Waals surface area contributed by atoms with Crippen LogP contribution in [-0.2, 0) is 15.8 Å². The average molecular weight is 540 g/mol. The first kappa shape index (κ1) is 26.8. The van der Waals surface area contributed by atoms with Gasteiger partial charge in [0.2, 0.25) is 5.43 Å². The van der Waals surface area contributed by atoms with Gasteiger partial charge in [0.25, 0.3) is 11.8 Å². The van der Waals surface area contributed by atoms with Crippen molar-refractivity contribution < 1.29 is 37.7 Å². The number of aromatic hydroxyl groups is 1. The number of benzene rings is 1. The van der Waals surface area contributed by atoms with Gasteiger partial charge in [-0.2, -0.15) is 0 Å². The van der Waals surface area contributed by atoms with Crippen LogP contribution in [0.25, 0.3) is 0 Å². The number of fused-ring (bicyclic) bond motifs is 1. The van der Waals surface area contributed by atoms with E-state index in [-0.39, 0.29) is 43.5 Å². The van der Waals surface area contributed by atoms with Gasteiger partial charge in [0.1, 0.15) is 17.2 Å². The summed E-state index contributed by atoms with van der Waals surface area (Å²) >= 11 is 0. The molecule has 200 valence electrons. The Labute approximate surface area is 210 Å². The smallest absolute Gasteiger partial charge is 0.278 e. The number of amides is 2. The van der Waals surface area contributed by atoms with E-state index in [4.69, 9.17) is 4.74 Å². The molecule has 1 fully saturated rings. The number of hydrogen-bond acceptors (Lipinski definition) is 7. The van der Waals surface area contributed by atoms with Crippen molar-refractivity contribution in [1.82, 2.24) is 14.9 Å². The van der Waals surface area contributed by atoms with Crippen molar-refractivity contribution in [3.05, 3.63) is 63.1 Å². The summed E-state index contributed by atoms with van der Waals surface area (Å²) < 4.78 is 45.6. The van der Waals surface area contributed by atoms with E-state index in [0.717, 1.165) is 18.3 Å². The third-order valence-electron chi connectivity index (χ3n) is 6.67. The van der Waals surface area contributed by atoms with Gasteiger partial charge in [-0.05, 0) is 12.5 Å². The maximum absolute atomic E-state index is 13.9. The maximum Gasteiger partial charge on any atom is 0.278 e. The monoisotopic (exact) mass is 540 g/mol. The van der Waals surface area contributed by atoms with Gasteiger partial charge in [-0.3, -0.25) is 28.6 Å². The lowest BCUT2D eigenvalue weighted by Gasteiger charge is -2.52. The van der Waals surface area contributed by atoms with Crippen molar-refractivity contribution in [3.8, 4) is 5.75 Å². The van der Waals surface area contributed by atoms with Crippen LogP contribution in [0, 0.1) is 11.6 Å². The highest BCUT2D eigenvalue weighted by atomic mass is 31.2. The van der Waals surface area contributed by atoms with Crippen LogP contribution >= 0.6 is 7.37 Å². The van der Waals surface area contributed by atoms with E-state index in [1.54, 1.807) is 12.1 Å². The number of halogens is 2. The lowest BCUT2D eigenvalue weighted by atomic mass is 10.0. The molecular weight excluding hydrogens is 513 g/mol. The molecule has 2 aliphatic rings. The number of carbonyl (C=O) groups excluding carboxylic acids is 2. The van der Waals surface area contributed by atoms with E-state index in [9.17, 15) is 37.7 Å². The molecule has 1 aromatic heterocycles. The number of rotatable bonds is 7. The molecule has 2 aromatic rings. The summed E-state index contributed by atoms with van der Waals surface area (Å²) in [5.41, 5.74) is -2.99. The molecule has 1 spiro atoms. The van der Waals surface area contributed by atoms with Gasteiger partial charge in [0.05, 0.1) is 13.2 Å². The van der Waals surface area contributed by atoms with Crippen LogP contribution < -0.4 is 15.8 Å². The van der Waals surface area contributed by atoms with Gasteiger partial charge in [0, 0.05) is 57.2 Å². The minimum absolute atomic E-state index is 0.0125. The molecule has 2 unspecified atom stereocenters. The van der Waals surface area contributed by atoms with Crippen LogP contribution in [-0.4, -0.2) is 76.7 Å². The lowest BCUT2D eigenvalue weighted by Crippen LogP contribution is -2.70. The Morgan fingerprint density at radius 1 is 1.30 bits per heavy atom. The topological polar surface area (TPSA) is 141 Å². The molecule has 1 aromatic carbocycles. The van der Waals surface area contributed by atoms with Crippen LogP contribution in [0.1, 0.15) is 39.3 Å². The molecule has 0 saturated carbocycles. The standard InChI is InChI=1S/C23H27F2N4O7P/c1-27-23(6-8-36-13-23)28(7-3-9-37(2,34)35)22(33)18-20(31)19(30)16(12-29(18)27)21(32)26-11-14-4-5-15(24)10-17(14)25/h4-5,10,12,31H,3,6-9,11,13H2,1-2H3,(H,26,32)(H,34,35). The molecular formula is C23H27F2N4O7P. The highest BCUT2D eigenvalue weighted by Gasteiger charge is 2.52. The van der Waals surface area contributed by atoms with Crippen molar-refractivity contribution in [2.75, 3.05) is 44.6 Å². The minimum Gasteiger partial charge on any atom is -0.502 e. The van der Waals surface area contributed by atoms with E-state index in [2.05, 4.69) is 5.32 Å². The summed E-state index contributed by atoms with van der Waals surface area (Å²) in [4.78, 5) is 50.3. The maximum atomic E-state index is 13.9. The van der Waals surface area contributed by atoms with Crippen molar-refractivity contribution in [3.63, 3.8) is 0 Å². The second kappa shape index (κ2) is 9.88. The zero-order valence-corrected chi connectivity index (χ0v) is 21.1.